The number of esters is 1. The van der Waals surface area contributed by atoms with Crippen LogP contribution in [0.5, 0.6) is 0 Å². The van der Waals surface area contributed by atoms with E-state index in [2.05, 4.69) is 16.6 Å². The van der Waals surface area contributed by atoms with Crippen LogP contribution in [0, 0.1) is 18.3 Å². The molecule has 2 aliphatic heterocycles. The second kappa shape index (κ2) is 11.2. The lowest BCUT2D eigenvalue weighted by molar-refractivity contribution is -0.145. The summed E-state index contributed by atoms with van der Waals surface area (Å²) in [5.41, 5.74) is 0. The Hall–Kier alpha value is -1.58. The van der Waals surface area contributed by atoms with Gasteiger partial charge in [0.2, 0.25) is 5.91 Å². The molecule has 2 atom stereocenters. The molecule has 2 aliphatic rings. The summed E-state index contributed by atoms with van der Waals surface area (Å²) in [5, 5.41) is 6.68. The van der Waals surface area contributed by atoms with E-state index in [4.69, 9.17) is 11.2 Å². The molecule has 2 heterocycles. The van der Waals surface area contributed by atoms with Gasteiger partial charge in [-0.25, -0.2) is 0 Å². The molecule has 0 spiro atoms. The molecule has 2 rings (SSSR count). The van der Waals surface area contributed by atoms with Crippen LogP contribution in [0.4, 0.5) is 0 Å². The van der Waals surface area contributed by atoms with Gasteiger partial charge >= 0.3 is 5.97 Å². The maximum atomic E-state index is 12.6. The topological polar surface area (TPSA) is 70.7 Å². The van der Waals surface area contributed by atoms with Gasteiger partial charge in [-0.2, -0.15) is 0 Å². The first-order chi connectivity index (χ1) is 12.6. The first-order valence-electron chi connectivity index (χ1n) is 9.98. The molecule has 0 radical (unpaired) electrons. The molecular weight excluding hydrogens is 330 g/mol. The molecule has 0 saturated carbocycles. The number of hydrogen-bond acceptors (Lipinski definition) is 5. The lowest BCUT2D eigenvalue weighted by Crippen LogP contribution is -2.52. The van der Waals surface area contributed by atoms with Crippen molar-refractivity contribution in [3.05, 3.63) is 0 Å². The minimum Gasteiger partial charge on any atom is -0.465 e. The summed E-state index contributed by atoms with van der Waals surface area (Å²) >= 11 is 0. The molecule has 0 unspecified atom stereocenters. The van der Waals surface area contributed by atoms with Crippen molar-refractivity contribution in [1.29, 1.82) is 0 Å². The highest BCUT2D eigenvalue weighted by Gasteiger charge is 2.28. The zero-order valence-electron chi connectivity index (χ0n) is 16.0. The van der Waals surface area contributed by atoms with Crippen molar-refractivity contribution in [2.75, 3.05) is 32.8 Å². The van der Waals surface area contributed by atoms with Gasteiger partial charge in [0.1, 0.15) is 6.04 Å². The number of rotatable bonds is 8. The normalized spacial score (nSPS) is 22.5. The lowest BCUT2D eigenvalue weighted by atomic mass is 9.92. The highest BCUT2D eigenvalue weighted by Crippen LogP contribution is 2.20. The maximum absolute atomic E-state index is 12.6. The SMILES string of the molecule is C#CC[C@@H](N[C@@H]1CCCN(C(=O)CCC2CCNCC2)C1)C(=O)OCC. The summed E-state index contributed by atoms with van der Waals surface area (Å²) in [6.07, 6.45) is 11.5. The third-order valence-corrected chi connectivity index (χ3v) is 5.33. The van der Waals surface area contributed by atoms with Crippen LogP contribution in [-0.4, -0.2) is 61.6 Å². The average Bonchev–Trinajstić information content (AvgIpc) is 2.67. The van der Waals surface area contributed by atoms with Crippen LogP contribution in [-0.2, 0) is 14.3 Å². The number of hydrogen-bond donors (Lipinski definition) is 2. The zero-order valence-corrected chi connectivity index (χ0v) is 16.0. The van der Waals surface area contributed by atoms with E-state index >= 15 is 0 Å². The molecule has 26 heavy (non-hydrogen) atoms. The Balaban J connectivity index is 1.80. The molecule has 2 saturated heterocycles. The molecular formula is C20H33N3O3. The van der Waals surface area contributed by atoms with E-state index in [1.54, 1.807) is 6.92 Å². The van der Waals surface area contributed by atoms with E-state index in [-0.39, 0.29) is 17.9 Å². The van der Waals surface area contributed by atoms with Gasteiger partial charge in [-0.15, -0.1) is 12.3 Å². The minimum atomic E-state index is -0.491. The number of nitrogens with zero attached hydrogens (tertiary/aromatic N) is 1. The van der Waals surface area contributed by atoms with E-state index in [9.17, 15) is 9.59 Å². The molecule has 6 heteroatoms. The largest absolute Gasteiger partial charge is 0.465 e. The highest BCUT2D eigenvalue weighted by molar-refractivity contribution is 5.77. The number of piperidine rings is 2. The van der Waals surface area contributed by atoms with Crippen LogP contribution in [0.2, 0.25) is 0 Å². The summed E-state index contributed by atoms with van der Waals surface area (Å²) in [4.78, 5) is 26.6. The number of ether oxygens (including phenoxy) is 1. The van der Waals surface area contributed by atoms with Crippen LogP contribution >= 0.6 is 0 Å². The van der Waals surface area contributed by atoms with Gasteiger partial charge in [0, 0.05) is 32.0 Å². The van der Waals surface area contributed by atoms with Crippen LogP contribution in [0.3, 0.4) is 0 Å². The first-order valence-corrected chi connectivity index (χ1v) is 9.98. The van der Waals surface area contributed by atoms with Gasteiger partial charge < -0.3 is 15.0 Å². The number of carbonyl (C=O) groups is 2. The Kier molecular flexibility index (Phi) is 8.93. The summed E-state index contributed by atoms with van der Waals surface area (Å²) in [7, 11) is 0. The Morgan fingerprint density at radius 2 is 2.12 bits per heavy atom. The fraction of sp³-hybridized carbons (Fsp3) is 0.800. The van der Waals surface area contributed by atoms with Gasteiger partial charge in [0.15, 0.2) is 0 Å². The van der Waals surface area contributed by atoms with Crippen LogP contribution in [0.25, 0.3) is 0 Å². The van der Waals surface area contributed by atoms with Crippen molar-refractivity contribution in [2.45, 2.75) is 64.0 Å². The summed E-state index contributed by atoms with van der Waals surface area (Å²) < 4.78 is 5.10. The van der Waals surface area contributed by atoms with E-state index in [1.807, 2.05) is 4.90 Å². The Morgan fingerprint density at radius 3 is 2.81 bits per heavy atom. The Labute approximate surface area is 157 Å². The van der Waals surface area contributed by atoms with Crippen LogP contribution in [0.1, 0.15) is 51.9 Å². The Bertz CT molecular complexity index is 497. The van der Waals surface area contributed by atoms with Gasteiger partial charge in [-0.05, 0) is 58.0 Å². The smallest absolute Gasteiger partial charge is 0.324 e. The van der Waals surface area contributed by atoms with E-state index in [1.165, 1.54) is 12.8 Å². The molecule has 0 aromatic carbocycles. The fourth-order valence-corrected chi connectivity index (χ4v) is 3.85. The molecule has 0 aliphatic carbocycles. The molecule has 0 bridgehead atoms. The predicted octanol–water partition coefficient (Wildman–Crippen LogP) is 1.30. The van der Waals surface area contributed by atoms with E-state index in [0.717, 1.165) is 38.9 Å². The summed E-state index contributed by atoms with van der Waals surface area (Å²) in [5.74, 6) is 3.14. The van der Waals surface area contributed by atoms with Crippen molar-refractivity contribution in [2.24, 2.45) is 5.92 Å². The van der Waals surface area contributed by atoms with Crippen molar-refractivity contribution >= 4 is 11.9 Å². The second-order valence-electron chi connectivity index (χ2n) is 7.29. The molecule has 2 fully saturated rings. The monoisotopic (exact) mass is 363 g/mol. The Morgan fingerprint density at radius 1 is 1.35 bits per heavy atom. The molecule has 146 valence electrons. The number of carbonyl (C=O) groups excluding carboxylic acids is 2. The van der Waals surface area contributed by atoms with E-state index in [0.29, 0.717) is 31.9 Å². The van der Waals surface area contributed by atoms with Gasteiger partial charge in [0.25, 0.3) is 0 Å². The first kappa shape index (κ1) is 20.7. The predicted molar refractivity (Wildman–Crippen MR) is 101 cm³/mol. The van der Waals surface area contributed by atoms with Crippen molar-refractivity contribution in [3.63, 3.8) is 0 Å². The van der Waals surface area contributed by atoms with E-state index < -0.39 is 6.04 Å². The maximum Gasteiger partial charge on any atom is 0.324 e. The summed E-state index contributed by atoms with van der Waals surface area (Å²) in [6, 6.07) is -0.399. The van der Waals surface area contributed by atoms with Crippen LogP contribution in [0.15, 0.2) is 0 Å². The number of likely N-dealkylation sites (tertiary alicyclic amines) is 1. The van der Waals surface area contributed by atoms with Crippen molar-refractivity contribution < 1.29 is 14.3 Å². The van der Waals surface area contributed by atoms with Gasteiger partial charge in [-0.1, -0.05) is 0 Å². The number of nitrogens with one attached hydrogen (secondary N) is 2. The van der Waals surface area contributed by atoms with Gasteiger partial charge in [0.05, 0.1) is 6.61 Å². The summed E-state index contributed by atoms with van der Waals surface area (Å²) in [6.45, 7) is 5.72. The second-order valence-corrected chi connectivity index (χ2v) is 7.29. The number of amides is 1. The molecule has 0 aromatic heterocycles. The van der Waals surface area contributed by atoms with Crippen molar-refractivity contribution in [1.82, 2.24) is 15.5 Å². The van der Waals surface area contributed by atoms with Gasteiger partial charge in [-0.3, -0.25) is 14.9 Å². The molecule has 2 N–H and O–H groups in total. The lowest BCUT2D eigenvalue weighted by Gasteiger charge is -2.35. The standard InChI is InChI=1S/C20H33N3O3/c1-3-6-18(20(25)26-4-2)22-17-7-5-14-23(15-17)19(24)9-8-16-10-12-21-13-11-16/h1,16-18,21-22H,4-15H2,2H3/t17-,18-/m1/s1. The quantitative estimate of drug-likeness (QED) is 0.502. The highest BCUT2D eigenvalue weighted by atomic mass is 16.5. The fourth-order valence-electron chi connectivity index (χ4n) is 3.85. The third kappa shape index (κ3) is 6.62. The third-order valence-electron chi connectivity index (χ3n) is 5.33. The molecule has 6 nitrogen and oxygen atoms in total. The minimum absolute atomic E-state index is 0.0920. The molecule has 1 amide bonds. The number of terminal acetylenes is 1. The average molecular weight is 364 g/mol. The zero-order chi connectivity index (χ0) is 18.8. The van der Waals surface area contributed by atoms with Crippen LogP contribution < -0.4 is 10.6 Å². The van der Waals surface area contributed by atoms with Crippen molar-refractivity contribution in [3.8, 4) is 12.3 Å². The molecule has 0 aromatic rings.